The van der Waals surface area contributed by atoms with Crippen molar-refractivity contribution in [2.24, 2.45) is 17.3 Å². The Labute approximate surface area is 177 Å². The van der Waals surface area contributed by atoms with Gasteiger partial charge in [-0.25, -0.2) is 0 Å². The van der Waals surface area contributed by atoms with Gasteiger partial charge in [0.1, 0.15) is 0 Å². The van der Waals surface area contributed by atoms with Gasteiger partial charge in [-0.3, -0.25) is 0 Å². The van der Waals surface area contributed by atoms with E-state index in [1.807, 2.05) is 13.8 Å². The highest BCUT2D eigenvalue weighted by molar-refractivity contribution is 5.34. The van der Waals surface area contributed by atoms with Gasteiger partial charge in [-0.15, -0.1) is 0 Å². The quantitative estimate of drug-likeness (QED) is 0.517. The molecule has 164 valence electrons. The van der Waals surface area contributed by atoms with E-state index < -0.39 is 17.8 Å². The van der Waals surface area contributed by atoms with Gasteiger partial charge in [0.2, 0.25) is 0 Å². The molecule has 0 aromatic heterocycles. The standard InChI is InChI=1S/C26H42O3/c1-18(7-5-13-25(2,3)29)23-11-12-24-20(8-6-14-26(23,24)4)10-9-19-15-21(27)17-22(28)16-19/h9-11,18,21-22,24,27-29H,5-8,12-17H2,1-4H3/b19-9?,20-10+/t18?,21-,22?,24?,26-/m1/s1. The molecule has 2 saturated carbocycles. The zero-order valence-corrected chi connectivity index (χ0v) is 19.0. The largest absolute Gasteiger partial charge is 0.393 e. The lowest BCUT2D eigenvalue weighted by atomic mass is 9.62. The number of rotatable bonds is 6. The highest BCUT2D eigenvalue weighted by Gasteiger charge is 2.45. The highest BCUT2D eigenvalue weighted by atomic mass is 16.3. The van der Waals surface area contributed by atoms with Gasteiger partial charge in [-0.1, -0.05) is 55.2 Å². The van der Waals surface area contributed by atoms with Crippen LogP contribution in [-0.2, 0) is 0 Å². The number of fused-ring (bicyclic) bond motifs is 1. The fourth-order valence-corrected chi connectivity index (χ4v) is 6.14. The van der Waals surface area contributed by atoms with Gasteiger partial charge in [-0.05, 0) is 88.9 Å². The maximum Gasteiger partial charge on any atom is 0.0602 e. The third kappa shape index (κ3) is 5.62. The van der Waals surface area contributed by atoms with E-state index in [0.717, 1.165) is 25.7 Å². The molecule has 3 unspecified atom stereocenters. The van der Waals surface area contributed by atoms with Crippen LogP contribution in [0.3, 0.4) is 0 Å². The average Bonchev–Trinajstić information content (AvgIpc) is 2.95. The summed E-state index contributed by atoms with van der Waals surface area (Å²) in [7, 11) is 0. The van der Waals surface area contributed by atoms with Crippen LogP contribution in [0.1, 0.15) is 91.9 Å². The molecule has 0 bridgehead atoms. The molecule has 3 heteroatoms. The molecule has 0 saturated heterocycles. The van der Waals surface area contributed by atoms with E-state index in [-0.39, 0.29) is 5.41 Å². The maximum atomic E-state index is 10.0. The Kier molecular flexibility index (Phi) is 7.13. The topological polar surface area (TPSA) is 60.7 Å². The molecule has 0 heterocycles. The van der Waals surface area contributed by atoms with E-state index in [1.54, 1.807) is 11.1 Å². The zero-order chi connectivity index (χ0) is 21.2. The summed E-state index contributed by atoms with van der Waals surface area (Å²) in [5.74, 6) is 1.17. The third-order valence-electron chi connectivity index (χ3n) is 7.64. The molecule has 0 spiro atoms. The number of hydrogen-bond donors (Lipinski definition) is 3. The average molecular weight is 403 g/mol. The molecule has 3 rings (SSSR count). The van der Waals surface area contributed by atoms with Crippen LogP contribution in [0.2, 0.25) is 0 Å². The number of aliphatic hydroxyl groups is 3. The molecule has 3 N–H and O–H groups in total. The summed E-state index contributed by atoms with van der Waals surface area (Å²) in [6.45, 7) is 8.65. The normalized spacial score (nSPS) is 36.9. The van der Waals surface area contributed by atoms with Crippen LogP contribution in [0.5, 0.6) is 0 Å². The summed E-state index contributed by atoms with van der Waals surface area (Å²) in [5.41, 5.74) is 4.07. The Balaban J connectivity index is 1.67. The molecule has 0 aromatic carbocycles. The van der Waals surface area contributed by atoms with Gasteiger partial charge in [0.25, 0.3) is 0 Å². The molecule has 3 nitrogen and oxygen atoms in total. The Bertz CT molecular complexity index is 654. The van der Waals surface area contributed by atoms with Crippen molar-refractivity contribution in [2.75, 3.05) is 0 Å². The number of allylic oxidation sites excluding steroid dienone is 5. The summed E-state index contributed by atoms with van der Waals surface area (Å²) in [6, 6.07) is 0. The lowest BCUT2D eigenvalue weighted by Gasteiger charge is -2.42. The lowest BCUT2D eigenvalue weighted by molar-refractivity contribution is 0.0608. The summed E-state index contributed by atoms with van der Waals surface area (Å²) >= 11 is 0. The number of hydrogen-bond acceptors (Lipinski definition) is 3. The Hall–Kier alpha value is -0.900. The highest BCUT2D eigenvalue weighted by Crippen LogP contribution is 2.57. The molecule has 29 heavy (non-hydrogen) atoms. The smallest absolute Gasteiger partial charge is 0.0602 e. The van der Waals surface area contributed by atoms with Crippen LogP contribution in [0.25, 0.3) is 0 Å². The predicted molar refractivity (Wildman–Crippen MR) is 119 cm³/mol. The Morgan fingerprint density at radius 3 is 2.55 bits per heavy atom. The zero-order valence-electron chi connectivity index (χ0n) is 19.0. The second-order valence-corrected chi connectivity index (χ2v) is 10.8. The van der Waals surface area contributed by atoms with Gasteiger partial charge in [0, 0.05) is 0 Å². The minimum atomic E-state index is -0.565. The molecular formula is C26H42O3. The van der Waals surface area contributed by atoms with Crippen molar-refractivity contribution in [2.45, 2.75) is 110 Å². The van der Waals surface area contributed by atoms with Crippen LogP contribution >= 0.6 is 0 Å². The maximum absolute atomic E-state index is 10.0. The minimum absolute atomic E-state index is 0.266. The van der Waals surface area contributed by atoms with Crippen LogP contribution in [0.15, 0.2) is 34.9 Å². The summed E-state index contributed by atoms with van der Waals surface area (Å²) in [5, 5.41) is 29.9. The van der Waals surface area contributed by atoms with E-state index in [1.165, 1.54) is 24.8 Å². The lowest BCUT2D eigenvalue weighted by Crippen LogP contribution is -2.32. The van der Waals surface area contributed by atoms with E-state index >= 15 is 0 Å². The van der Waals surface area contributed by atoms with E-state index in [4.69, 9.17) is 0 Å². The first-order chi connectivity index (χ1) is 13.6. The SMILES string of the molecule is CC(CCCC(C)(C)O)C1=CCC2/C(=C/C=C3CC(O)C[C@H](O)C3)CCC[C@]12C. The van der Waals surface area contributed by atoms with Crippen molar-refractivity contribution in [1.29, 1.82) is 0 Å². The molecule has 2 fully saturated rings. The fourth-order valence-electron chi connectivity index (χ4n) is 6.14. The van der Waals surface area contributed by atoms with Crippen LogP contribution in [-0.4, -0.2) is 33.1 Å². The van der Waals surface area contributed by atoms with Gasteiger partial charge in [0.05, 0.1) is 17.8 Å². The molecule has 0 aromatic rings. The predicted octanol–water partition coefficient (Wildman–Crippen LogP) is 5.46. The fraction of sp³-hybridized carbons (Fsp3) is 0.769. The minimum Gasteiger partial charge on any atom is -0.393 e. The van der Waals surface area contributed by atoms with E-state index in [9.17, 15) is 15.3 Å². The van der Waals surface area contributed by atoms with Gasteiger partial charge in [0.15, 0.2) is 0 Å². The van der Waals surface area contributed by atoms with Crippen molar-refractivity contribution in [3.63, 3.8) is 0 Å². The Morgan fingerprint density at radius 2 is 1.90 bits per heavy atom. The van der Waals surface area contributed by atoms with Gasteiger partial charge in [-0.2, -0.15) is 0 Å². The molecule has 3 aliphatic carbocycles. The van der Waals surface area contributed by atoms with Crippen LogP contribution < -0.4 is 0 Å². The number of aliphatic hydroxyl groups excluding tert-OH is 2. The molecule has 3 aliphatic rings. The second-order valence-electron chi connectivity index (χ2n) is 10.8. The van der Waals surface area contributed by atoms with E-state index in [0.29, 0.717) is 31.1 Å². The third-order valence-corrected chi connectivity index (χ3v) is 7.64. The Morgan fingerprint density at radius 1 is 1.21 bits per heavy atom. The molecular weight excluding hydrogens is 360 g/mol. The second kappa shape index (κ2) is 9.08. The van der Waals surface area contributed by atoms with Crippen molar-refractivity contribution in [1.82, 2.24) is 0 Å². The molecule has 0 radical (unpaired) electrons. The first-order valence-electron chi connectivity index (χ1n) is 11.8. The summed E-state index contributed by atoms with van der Waals surface area (Å²) < 4.78 is 0. The molecule has 0 amide bonds. The van der Waals surface area contributed by atoms with Gasteiger partial charge < -0.3 is 15.3 Å². The van der Waals surface area contributed by atoms with Gasteiger partial charge >= 0.3 is 0 Å². The molecule has 0 aliphatic heterocycles. The first-order valence-corrected chi connectivity index (χ1v) is 11.8. The van der Waals surface area contributed by atoms with Crippen molar-refractivity contribution in [3.8, 4) is 0 Å². The van der Waals surface area contributed by atoms with Crippen LogP contribution in [0.4, 0.5) is 0 Å². The molecule has 5 atom stereocenters. The van der Waals surface area contributed by atoms with Crippen molar-refractivity contribution < 1.29 is 15.3 Å². The van der Waals surface area contributed by atoms with Crippen molar-refractivity contribution >= 4 is 0 Å². The summed E-state index contributed by atoms with van der Waals surface area (Å²) in [4.78, 5) is 0. The van der Waals surface area contributed by atoms with Crippen molar-refractivity contribution in [3.05, 3.63) is 34.9 Å². The van der Waals surface area contributed by atoms with Crippen LogP contribution in [0, 0.1) is 17.3 Å². The monoisotopic (exact) mass is 402 g/mol. The first kappa shape index (κ1) is 22.8. The summed E-state index contributed by atoms with van der Waals surface area (Å²) in [6.07, 6.45) is 16.0. The van der Waals surface area contributed by atoms with E-state index in [2.05, 4.69) is 32.1 Å².